The molecule has 3 rings (SSSR count). The molecular weight excluding hydrogens is 242 g/mol. The highest BCUT2D eigenvalue weighted by molar-refractivity contribution is 7.17. The van der Waals surface area contributed by atoms with Crippen LogP contribution in [0.5, 0.6) is 0 Å². The van der Waals surface area contributed by atoms with E-state index in [0.29, 0.717) is 12.1 Å². The predicted molar refractivity (Wildman–Crippen MR) is 77.1 cm³/mol. The zero-order valence-electron chi connectivity index (χ0n) is 10.7. The molecule has 1 aliphatic rings. The summed E-state index contributed by atoms with van der Waals surface area (Å²) in [5.41, 5.74) is 1.40. The summed E-state index contributed by atoms with van der Waals surface area (Å²) in [5.74, 6) is 0. The van der Waals surface area contributed by atoms with Gasteiger partial charge in [0.1, 0.15) is 0 Å². The number of ether oxygens (including phenoxy) is 1. The van der Waals surface area contributed by atoms with Crippen molar-refractivity contribution < 1.29 is 4.74 Å². The zero-order valence-corrected chi connectivity index (χ0v) is 11.5. The Bertz CT molecular complexity index is 516. The maximum Gasteiger partial charge on any atom is 0.0726 e. The van der Waals surface area contributed by atoms with Gasteiger partial charge >= 0.3 is 0 Å². The molecule has 0 amide bonds. The number of hydrogen-bond acceptors (Lipinski definition) is 3. The van der Waals surface area contributed by atoms with Gasteiger partial charge in [-0.3, -0.25) is 0 Å². The fourth-order valence-corrected chi connectivity index (χ4v) is 3.53. The van der Waals surface area contributed by atoms with Gasteiger partial charge in [0.2, 0.25) is 0 Å². The maximum absolute atomic E-state index is 5.71. The standard InChI is InChI=1S/C15H19NOS/c1-11(14-6-4-8-17-14)16-9-12-10-18-15-7-3-2-5-13(12)15/h2-3,5,7,10-11,14,16H,4,6,8-9H2,1H3. The monoisotopic (exact) mass is 261 g/mol. The second-order valence-electron chi connectivity index (χ2n) is 4.98. The molecule has 1 N–H and O–H groups in total. The Morgan fingerprint density at radius 1 is 1.44 bits per heavy atom. The van der Waals surface area contributed by atoms with Gasteiger partial charge in [-0.2, -0.15) is 0 Å². The summed E-state index contributed by atoms with van der Waals surface area (Å²) in [6.45, 7) is 4.09. The summed E-state index contributed by atoms with van der Waals surface area (Å²) in [5, 5.41) is 7.25. The molecule has 1 aromatic heterocycles. The van der Waals surface area contributed by atoms with Crippen LogP contribution >= 0.6 is 11.3 Å². The first-order chi connectivity index (χ1) is 8.84. The molecule has 0 saturated carbocycles. The third-order valence-corrected chi connectivity index (χ3v) is 4.71. The molecule has 0 spiro atoms. The molecule has 1 aromatic carbocycles. The van der Waals surface area contributed by atoms with Crippen molar-refractivity contribution in [3.63, 3.8) is 0 Å². The maximum atomic E-state index is 5.71. The molecule has 2 unspecified atom stereocenters. The third kappa shape index (κ3) is 2.44. The van der Waals surface area contributed by atoms with Crippen LogP contribution in [0.1, 0.15) is 25.3 Å². The van der Waals surface area contributed by atoms with Crippen molar-refractivity contribution in [3.8, 4) is 0 Å². The van der Waals surface area contributed by atoms with E-state index in [-0.39, 0.29) is 0 Å². The van der Waals surface area contributed by atoms with Crippen LogP contribution < -0.4 is 5.32 Å². The average Bonchev–Trinajstić information content (AvgIpc) is 3.06. The normalized spacial score (nSPS) is 21.5. The van der Waals surface area contributed by atoms with Crippen molar-refractivity contribution in [2.75, 3.05) is 6.61 Å². The van der Waals surface area contributed by atoms with Crippen molar-refractivity contribution in [2.45, 2.75) is 38.5 Å². The molecule has 1 saturated heterocycles. The van der Waals surface area contributed by atoms with Gasteiger partial charge in [-0.05, 0) is 42.2 Å². The van der Waals surface area contributed by atoms with E-state index in [1.807, 2.05) is 11.3 Å². The van der Waals surface area contributed by atoms with Crippen molar-refractivity contribution in [1.82, 2.24) is 5.32 Å². The number of benzene rings is 1. The Morgan fingerprint density at radius 2 is 2.33 bits per heavy atom. The minimum Gasteiger partial charge on any atom is -0.377 e. The molecule has 96 valence electrons. The van der Waals surface area contributed by atoms with Crippen molar-refractivity contribution in [3.05, 3.63) is 35.2 Å². The highest BCUT2D eigenvalue weighted by atomic mass is 32.1. The van der Waals surface area contributed by atoms with E-state index >= 15 is 0 Å². The molecule has 0 aliphatic carbocycles. The summed E-state index contributed by atoms with van der Waals surface area (Å²) in [7, 11) is 0. The molecule has 2 atom stereocenters. The van der Waals surface area contributed by atoms with Crippen LogP contribution in [0.15, 0.2) is 29.6 Å². The zero-order chi connectivity index (χ0) is 12.4. The van der Waals surface area contributed by atoms with Crippen LogP contribution in [0.2, 0.25) is 0 Å². The predicted octanol–water partition coefficient (Wildman–Crippen LogP) is 3.56. The Morgan fingerprint density at radius 3 is 3.17 bits per heavy atom. The fraction of sp³-hybridized carbons (Fsp3) is 0.467. The minimum absolute atomic E-state index is 0.398. The first-order valence-corrected chi connectivity index (χ1v) is 7.52. The van der Waals surface area contributed by atoms with E-state index in [0.717, 1.165) is 13.2 Å². The molecular formula is C15H19NOS. The molecule has 1 fully saturated rings. The molecule has 3 heteroatoms. The van der Waals surface area contributed by atoms with Gasteiger partial charge < -0.3 is 10.1 Å². The van der Waals surface area contributed by atoms with Crippen LogP contribution in [0.4, 0.5) is 0 Å². The van der Waals surface area contributed by atoms with E-state index in [1.165, 1.54) is 28.5 Å². The van der Waals surface area contributed by atoms with Gasteiger partial charge in [-0.25, -0.2) is 0 Å². The molecule has 18 heavy (non-hydrogen) atoms. The van der Waals surface area contributed by atoms with Crippen LogP contribution in [-0.4, -0.2) is 18.8 Å². The Balaban J connectivity index is 1.65. The first-order valence-electron chi connectivity index (χ1n) is 6.64. The highest BCUT2D eigenvalue weighted by Crippen LogP contribution is 2.25. The van der Waals surface area contributed by atoms with Gasteiger partial charge in [0.05, 0.1) is 6.10 Å². The van der Waals surface area contributed by atoms with Gasteiger partial charge in [-0.15, -0.1) is 11.3 Å². The first kappa shape index (κ1) is 12.2. The van der Waals surface area contributed by atoms with Gasteiger partial charge in [0.15, 0.2) is 0 Å². The van der Waals surface area contributed by atoms with Crippen LogP contribution in [0.3, 0.4) is 0 Å². The summed E-state index contributed by atoms with van der Waals surface area (Å²) in [6, 6.07) is 9.05. The quantitative estimate of drug-likeness (QED) is 0.908. The van der Waals surface area contributed by atoms with Crippen LogP contribution in [0.25, 0.3) is 10.1 Å². The van der Waals surface area contributed by atoms with E-state index in [9.17, 15) is 0 Å². The largest absolute Gasteiger partial charge is 0.377 e. The van der Waals surface area contributed by atoms with Gasteiger partial charge in [0, 0.05) is 23.9 Å². The number of fused-ring (bicyclic) bond motifs is 1. The molecule has 0 bridgehead atoms. The lowest BCUT2D eigenvalue weighted by molar-refractivity contribution is 0.0832. The van der Waals surface area contributed by atoms with E-state index in [1.54, 1.807) is 0 Å². The van der Waals surface area contributed by atoms with E-state index < -0.39 is 0 Å². The Hall–Kier alpha value is -0.900. The summed E-state index contributed by atoms with van der Waals surface area (Å²) < 4.78 is 7.09. The third-order valence-electron chi connectivity index (χ3n) is 3.70. The molecule has 2 aromatic rings. The lowest BCUT2D eigenvalue weighted by Gasteiger charge is -2.19. The highest BCUT2D eigenvalue weighted by Gasteiger charge is 2.21. The minimum atomic E-state index is 0.398. The average molecular weight is 261 g/mol. The lowest BCUT2D eigenvalue weighted by Crippen LogP contribution is -2.36. The Labute approximate surface area is 112 Å². The number of thiophene rings is 1. The lowest BCUT2D eigenvalue weighted by atomic mass is 10.1. The summed E-state index contributed by atoms with van der Waals surface area (Å²) >= 11 is 1.83. The van der Waals surface area contributed by atoms with Crippen molar-refractivity contribution in [2.24, 2.45) is 0 Å². The van der Waals surface area contributed by atoms with E-state index in [2.05, 4.69) is 41.9 Å². The summed E-state index contributed by atoms with van der Waals surface area (Å²) in [6.07, 6.45) is 2.80. The van der Waals surface area contributed by atoms with Gasteiger partial charge in [0.25, 0.3) is 0 Å². The summed E-state index contributed by atoms with van der Waals surface area (Å²) in [4.78, 5) is 0. The number of rotatable bonds is 4. The van der Waals surface area contributed by atoms with Crippen LogP contribution in [0, 0.1) is 0 Å². The second kappa shape index (κ2) is 5.39. The number of hydrogen-bond donors (Lipinski definition) is 1. The Kier molecular flexibility index (Phi) is 3.64. The van der Waals surface area contributed by atoms with Crippen molar-refractivity contribution >= 4 is 21.4 Å². The molecule has 0 radical (unpaired) electrons. The number of nitrogens with one attached hydrogen (secondary N) is 1. The molecule has 2 heterocycles. The van der Waals surface area contributed by atoms with Crippen molar-refractivity contribution in [1.29, 1.82) is 0 Å². The SMILES string of the molecule is CC(NCc1csc2ccccc12)C1CCCO1. The topological polar surface area (TPSA) is 21.3 Å². The second-order valence-corrected chi connectivity index (χ2v) is 5.89. The smallest absolute Gasteiger partial charge is 0.0726 e. The molecule has 1 aliphatic heterocycles. The van der Waals surface area contributed by atoms with Gasteiger partial charge in [-0.1, -0.05) is 18.2 Å². The van der Waals surface area contributed by atoms with Crippen LogP contribution in [-0.2, 0) is 11.3 Å². The fourth-order valence-electron chi connectivity index (χ4n) is 2.57. The van der Waals surface area contributed by atoms with E-state index in [4.69, 9.17) is 4.74 Å². The molecule has 2 nitrogen and oxygen atoms in total.